The maximum absolute atomic E-state index is 5.47. The van der Waals surface area contributed by atoms with Crippen LogP contribution in [0.25, 0.3) is 31.3 Å². The number of benzene rings is 5. The van der Waals surface area contributed by atoms with Crippen molar-refractivity contribution in [2.45, 2.75) is 62.7 Å². The molecule has 2 heterocycles. The van der Waals surface area contributed by atoms with Crippen LogP contribution >= 0.6 is 11.3 Å². The van der Waals surface area contributed by atoms with E-state index in [4.69, 9.17) is 4.99 Å². The summed E-state index contributed by atoms with van der Waals surface area (Å²) in [6, 6.07) is 38.7. The summed E-state index contributed by atoms with van der Waals surface area (Å²) in [7, 11) is 0. The van der Waals surface area contributed by atoms with Gasteiger partial charge in [-0.2, -0.15) is 0 Å². The number of nitrogens with zero attached hydrogens (tertiary/aromatic N) is 1. The molecule has 0 bridgehead atoms. The van der Waals surface area contributed by atoms with Gasteiger partial charge in [-0.1, -0.05) is 30.3 Å². The van der Waals surface area contributed by atoms with E-state index in [0.717, 1.165) is 5.69 Å². The third-order valence-electron chi connectivity index (χ3n) is 9.29. The van der Waals surface area contributed by atoms with E-state index in [2.05, 4.69) is 148 Å². The Balaban J connectivity index is 1.49. The zero-order valence-corrected chi connectivity index (χ0v) is 29.8. The molecule has 3 heteroatoms. The minimum atomic E-state index is -1.95. The van der Waals surface area contributed by atoms with Crippen LogP contribution in [0.5, 0.6) is 0 Å². The zero-order valence-electron chi connectivity index (χ0n) is 26.9. The summed E-state index contributed by atoms with van der Waals surface area (Å²) in [4.78, 5) is 5.47. The molecule has 0 saturated heterocycles. The number of rotatable bonds is 6. The second-order valence-electron chi connectivity index (χ2n) is 14.0. The molecule has 1 aromatic heterocycles. The molecule has 1 aliphatic rings. The summed E-state index contributed by atoms with van der Waals surface area (Å²) in [5.41, 5.74) is 11.8. The fourth-order valence-electron chi connectivity index (χ4n) is 6.93. The molecule has 0 N–H and O–H groups in total. The predicted molar refractivity (Wildman–Crippen MR) is 197 cm³/mol. The Labute approximate surface area is 269 Å². The average molecular weight is 652 g/mol. The van der Waals surface area contributed by atoms with E-state index in [1.54, 1.807) is 4.40 Å². The summed E-state index contributed by atoms with van der Waals surface area (Å²) in [6.07, 6.45) is 0. The van der Waals surface area contributed by atoms with E-state index >= 15 is 0 Å². The monoisotopic (exact) mass is 653 g/mol. The van der Waals surface area contributed by atoms with Gasteiger partial charge in [0.05, 0.1) is 0 Å². The topological polar surface area (TPSA) is 12.4 Å². The van der Waals surface area contributed by atoms with E-state index in [1.807, 2.05) is 11.3 Å². The van der Waals surface area contributed by atoms with Crippen molar-refractivity contribution in [2.24, 2.45) is 4.99 Å². The number of para-hydroxylation sites is 1. The molecule has 0 aliphatic carbocycles. The van der Waals surface area contributed by atoms with Crippen molar-refractivity contribution in [2.75, 3.05) is 0 Å². The van der Waals surface area contributed by atoms with Gasteiger partial charge in [0.1, 0.15) is 0 Å². The maximum atomic E-state index is 5.47. The van der Waals surface area contributed by atoms with Crippen LogP contribution in [0.1, 0.15) is 73.3 Å². The second kappa shape index (κ2) is 11.2. The number of hydrogen-bond acceptors (Lipinski definition) is 2. The standard InChI is InChI=1S/C41H41GeNS/c1-25(2)34-22-28(27-14-9-8-10-15-27)23-35(26(3)4)38(34)39-32-16-11-12-19-36(32)43-40(39)33-18-13-17-31-30-21-20-29(42(5,6)7)24-37(30)44-41(31)33/h8-26,39H,1-7H3. The number of fused-ring (bicyclic) bond motifs is 4. The number of thiophene rings is 1. The van der Waals surface area contributed by atoms with Crippen LogP contribution in [0.15, 0.2) is 108 Å². The molecule has 44 heavy (non-hydrogen) atoms. The number of aliphatic imine (C=N–C) groups is 1. The second-order valence-corrected chi connectivity index (χ2v) is 25.7. The van der Waals surface area contributed by atoms with Crippen molar-refractivity contribution in [3.8, 4) is 11.1 Å². The van der Waals surface area contributed by atoms with Crippen LogP contribution in [0.3, 0.4) is 0 Å². The fraction of sp³-hybridized carbons (Fsp3) is 0.244. The summed E-state index contributed by atoms with van der Waals surface area (Å²) >= 11 is -0.00181. The molecule has 1 atom stereocenters. The van der Waals surface area contributed by atoms with Gasteiger partial charge in [-0.25, -0.2) is 0 Å². The van der Waals surface area contributed by atoms with Gasteiger partial charge in [-0.05, 0) is 5.56 Å². The molecule has 5 aromatic carbocycles. The summed E-state index contributed by atoms with van der Waals surface area (Å²) in [5, 5.41) is 2.72. The molecule has 0 fully saturated rings. The van der Waals surface area contributed by atoms with E-state index in [-0.39, 0.29) is 5.92 Å². The molecule has 6 aromatic rings. The zero-order chi connectivity index (χ0) is 30.7. The van der Waals surface area contributed by atoms with Gasteiger partial charge < -0.3 is 0 Å². The Morgan fingerprint density at radius 2 is 1.34 bits per heavy atom. The fourth-order valence-corrected chi connectivity index (χ4v) is 10.9. The van der Waals surface area contributed by atoms with Gasteiger partial charge in [0.15, 0.2) is 0 Å². The molecule has 220 valence electrons. The molecule has 1 aliphatic heterocycles. The molecular weight excluding hydrogens is 611 g/mol. The molecule has 0 saturated carbocycles. The minimum absolute atomic E-state index is 0.0850. The van der Waals surface area contributed by atoms with Crippen LogP contribution in [0.4, 0.5) is 5.69 Å². The van der Waals surface area contributed by atoms with E-state index in [0.29, 0.717) is 11.8 Å². The first-order valence-electron chi connectivity index (χ1n) is 16.0. The Kier molecular flexibility index (Phi) is 7.42. The normalized spacial score (nSPS) is 15.0. The van der Waals surface area contributed by atoms with Crippen molar-refractivity contribution in [1.29, 1.82) is 0 Å². The molecule has 0 radical (unpaired) electrons. The van der Waals surface area contributed by atoms with Crippen LogP contribution in [0, 0.1) is 0 Å². The molecular formula is C41H41GeNS. The van der Waals surface area contributed by atoms with Crippen molar-refractivity contribution in [3.63, 3.8) is 0 Å². The summed E-state index contributed by atoms with van der Waals surface area (Å²) in [6.45, 7) is 9.39. The van der Waals surface area contributed by atoms with Crippen LogP contribution in [0.2, 0.25) is 17.3 Å². The molecule has 7 rings (SSSR count). The van der Waals surface area contributed by atoms with Gasteiger partial charge in [-0.15, -0.1) is 0 Å². The van der Waals surface area contributed by atoms with E-state index in [1.165, 1.54) is 64.8 Å². The van der Waals surface area contributed by atoms with E-state index in [9.17, 15) is 0 Å². The SMILES string of the molecule is CC(C)c1cc(-c2ccccc2)cc(C(C)C)c1C1C(c2cccc3c2sc2c[c]([Ge]([CH3])([CH3])[CH3])ccc23)=Nc2ccccc21. The quantitative estimate of drug-likeness (QED) is 0.159. The van der Waals surface area contributed by atoms with Crippen LogP contribution in [-0.2, 0) is 0 Å². The third-order valence-corrected chi connectivity index (χ3v) is 14.8. The van der Waals surface area contributed by atoms with Crippen LogP contribution in [-0.4, -0.2) is 19.0 Å². The number of hydrogen-bond donors (Lipinski definition) is 0. The first-order valence-corrected chi connectivity index (χ1v) is 24.1. The average Bonchev–Trinajstić information content (AvgIpc) is 3.58. The summed E-state index contributed by atoms with van der Waals surface area (Å²) < 4.78 is 4.32. The van der Waals surface area contributed by atoms with Crippen molar-refractivity contribution in [1.82, 2.24) is 0 Å². The van der Waals surface area contributed by atoms with Gasteiger partial charge in [-0.3, -0.25) is 0 Å². The van der Waals surface area contributed by atoms with Crippen molar-refractivity contribution >= 4 is 60.6 Å². The Morgan fingerprint density at radius 1 is 0.659 bits per heavy atom. The first-order chi connectivity index (χ1) is 21.1. The molecule has 0 amide bonds. The first kappa shape index (κ1) is 29.3. The van der Waals surface area contributed by atoms with Crippen LogP contribution < -0.4 is 4.40 Å². The Morgan fingerprint density at radius 3 is 2.02 bits per heavy atom. The Bertz CT molecular complexity index is 2030. The van der Waals surface area contributed by atoms with E-state index < -0.39 is 13.3 Å². The molecule has 1 unspecified atom stereocenters. The van der Waals surface area contributed by atoms with Gasteiger partial charge in [0, 0.05) is 0 Å². The summed E-state index contributed by atoms with van der Waals surface area (Å²) in [5.74, 6) is 8.29. The van der Waals surface area contributed by atoms with Crippen molar-refractivity contribution < 1.29 is 0 Å². The molecule has 1 nitrogen and oxygen atoms in total. The predicted octanol–water partition coefficient (Wildman–Crippen LogP) is 11.8. The van der Waals surface area contributed by atoms with Gasteiger partial charge in [0.2, 0.25) is 0 Å². The third kappa shape index (κ3) is 4.97. The Hall–Kier alpha value is -3.47. The van der Waals surface area contributed by atoms with Gasteiger partial charge in [0.25, 0.3) is 0 Å². The van der Waals surface area contributed by atoms with Crippen molar-refractivity contribution in [3.05, 3.63) is 131 Å². The molecule has 0 spiro atoms. The van der Waals surface area contributed by atoms with Gasteiger partial charge >= 0.3 is 234 Å².